The Morgan fingerprint density at radius 2 is 1.93 bits per heavy atom. The molecule has 1 aliphatic heterocycles. The summed E-state index contributed by atoms with van der Waals surface area (Å²) in [5.41, 5.74) is 0.285. The number of piperidine rings is 1. The zero-order valence-corrected chi connectivity index (χ0v) is 9.64. The van der Waals surface area contributed by atoms with Gasteiger partial charge in [0.25, 0.3) is 0 Å². The summed E-state index contributed by atoms with van der Waals surface area (Å²) in [4.78, 5) is 2.49. The second kappa shape index (κ2) is 4.79. The van der Waals surface area contributed by atoms with Gasteiger partial charge in [0, 0.05) is 13.0 Å². The van der Waals surface area contributed by atoms with Crippen molar-refractivity contribution >= 4 is 0 Å². The van der Waals surface area contributed by atoms with Crippen molar-refractivity contribution in [3.63, 3.8) is 0 Å². The molecule has 0 unspecified atom stereocenters. The molecule has 14 heavy (non-hydrogen) atoms. The van der Waals surface area contributed by atoms with Crippen LogP contribution in [0.4, 0.5) is 0 Å². The van der Waals surface area contributed by atoms with Gasteiger partial charge in [-0.25, -0.2) is 0 Å². The second-order valence-corrected chi connectivity index (χ2v) is 5.13. The molecule has 0 aromatic rings. The van der Waals surface area contributed by atoms with Crippen LogP contribution in [-0.4, -0.2) is 24.5 Å². The monoisotopic (exact) mass is 193 g/mol. The van der Waals surface area contributed by atoms with Crippen LogP contribution in [0, 0.1) is 22.7 Å². The first-order chi connectivity index (χ1) is 6.56. The van der Waals surface area contributed by atoms with Crippen molar-refractivity contribution in [1.82, 2.24) is 4.90 Å². The molecule has 0 spiro atoms. The van der Waals surface area contributed by atoms with Crippen molar-refractivity contribution in [2.75, 3.05) is 19.6 Å². The van der Waals surface area contributed by atoms with Gasteiger partial charge in [-0.05, 0) is 37.3 Å². The molecule has 2 nitrogen and oxygen atoms in total. The van der Waals surface area contributed by atoms with Crippen LogP contribution in [0.1, 0.15) is 40.0 Å². The SMILES string of the molecule is C[C](C)CN1CCC(C)(CC#N)CC1. The highest BCUT2D eigenvalue weighted by atomic mass is 15.1. The molecule has 0 aromatic carbocycles. The highest BCUT2D eigenvalue weighted by Crippen LogP contribution is 2.33. The Bertz CT molecular complexity index is 207. The Morgan fingerprint density at radius 3 is 2.36 bits per heavy atom. The number of nitriles is 1. The van der Waals surface area contributed by atoms with Crippen molar-refractivity contribution in [2.45, 2.75) is 40.0 Å². The number of likely N-dealkylation sites (tertiary alicyclic amines) is 1. The Morgan fingerprint density at radius 1 is 1.36 bits per heavy atom. The normalized spacial score (nSPS) is 22.2. The smallest absolute Gasteiger partial charge is 0.0627 e. The first-order valence-corrected chi connectivity index (χ1v) is 5.44. The summed E-state index contributed by atoms with van der Waals surface area (Å²) in [6.07, 6.45) is 3.07. The summed E-state index contributed by atoms with van der Waals surface area (Å²) in [6.45, 7) is 10.1. The van der Waals surface area contributed by atoms with Crippen LogP contribution in [-0.2, 0) is 0 Å². The fraction of sp³-hybridized carbons (Fsp3) is 0.833. The lowest BCUT2D eigenvalue weighted by Crippen LogP contribution is -2.39. The maximum atomic E-state index is 8.73. The first-order valence-electron chi connectivity index (χ1n) is 5.44. The quantitative estimate of drug-likeness (QED) is 0.689. The molecule has 0 aromatic heterocycles. The van der Waals surface area contributed by atoms with Gasteiger partial charge in [0.15, 0.2) is 0 Å². The summed E-state index contributed by atoms with van der Waals surface area (Å²) in [5, 5.41) is 8.73. The highest BCUT2D eigenvalue weighted by molar-refractivity contribution is 4.92. The number of hydrogen-bond donors (Lipinski definition) is 0. The molecule has 79 valence electrons. The van der Waals surface area contributed by atoms with E-state index in [-0.39, 0.29) is 5.41 Å². The Hall–Kier alpha value is -0.550. The van der Waals surface area contributed by atoms with E-state index in [0.717, 1.165) is 26.1 Å². The van der Waals surface area contributed by atoms with Gasteiger partial charge in [-0.3, -0.25) is 0 Å². The zero-order valence-electron chi connectivity index (χ0n) is 9.64. The van der Waals surface area contributed by atoms with E-state index in [1.54, 1.807) is 0 Å². The van der Waals surface area contributed by atoms with Crippen molar-refractivity contribution in [2.24, 2.45) is 5.41 Å². The third-order valence-corrected chi connectivity index (χ3v) is 3.11. The van der Waals surface area contributed by atoms with E-state index in [0.29, 0.717) is 0 Å². The molecule has 0 bridgehead atoms. The average Bonchev–Trinajstić information content (AvgIpc) is 2.09. The molecule has 0 N–H and O–H groups in total. The summed E-state index contributed by atoms with van der Waals surface area (Å²) in [7, 11) is 0. The molecule has 0 aliphatic carbocycles. The molecular formula is C12H21N2. The minimum absolute atomic E-state index is 0.285. The van der Waals surface area contributed by atoms with Crippen molar-refractivity contribution < 1.29 is 0 Å². The fourth-order valence-electron chi connectivity index (χ4n) is 2.07. The van der Waals surface area contributed by atoms with Gasteiger partial charge in [0.05, 0.1) is 6.07 Å². The van der Waals surface area contributed by atoms with Crippen LogP contribution in [0.15, 0.2) is 0 Å². The van der Waals surface area contributed by atoms with Crippen LogP contribution in [0.5, 0.6) is 0 Å². The lowest BCUT2D eigenvalue weighted by molar-refractivity contribution is 0.125. The van der Waals surface area contributed by atoms with E-state index in [2.05, 4.69) is 31.7 Å². The minimum Gasteiger partial charge on any atom is -0.303 e. The number of nitrogens with zero attached hydrogens (tertiary/aromatic N) is 2. The number of rotatable bonds is 3. The summed E-state index contributed by atoms with van der Waals surface area (Å²) in [5.74, 6) is 1.48. The summed E-state index contributed by atoms with van der Waals surface area (Å²) >= 11 is 0. The topological polar surface area (TPSA) is 27.0 Å². The largest absolute Gasteiger partial charge is 0.303 e. The highest BCUT2D eigenvalue weighted by Gasteiger charge is 2.29. The van der Waals surface area contributed by atoms with E-state index >= 15 is 0 Å². The van der Waals surface area contributed by atoms with E-state index in [1.165, 1.54) is 18.8 Å². The van der Waals surface area contributed by atoms with E-state index in [9.17, 15) is 0 Å². The predicted molar refractivity (Wildman–Crippen MR) is 58.6 cm³/mol. The third-order valence-electron chi connectivity index (χ3n) is 3.11. The maximum Gasteiger partial charge on any atom is 0.0627 e. The molecule has 1 heterocycles. The third kappa shape index (κ3) is 3.31. The Balaban J connectivity index is 2.34. The molecule has 0 saturated carbocycles. The molecule has 1 radical (unpaired) electrons. The van der Waals surface area contributed by atoms with Crippen LogP contribution < -0.4 is 0 Å². The second-order valence-electron chi connectivity index (χ2n) is 5.13. The molecule has 1 rings (SSSR count). The van der Waals surface area contributed by atoms with Gasteiger partial charge < -0.3 is 4.90 Å². The fourth-order valence-corrected chi connectivity index (χ4v) is 2.07. The minimum atomic E-state index is 0.285. The van der Waals surface area contributed by atoms with Gasteiger partial charge in [-0.15, -0.1) is 0 Å². The van der Waals surface area contributed by atoms with Gasteiger partial charge in [-0.2, -0.15) is 5.26 Å². The first kappa shape index (κ1) is 11.5. The van der Waals surface area contributed by atoms with Crippen LogP contribution in [0.3, 0.4) is 0 Å². The van der Waals surface area contributed by atoms with Crippen molar-refractivity contribution in [1.29, 1.82) is 5.26 Å². The lowest BCUT2D eigenvalue weighted by Gasteiger charge is -2.38. The molecule has 1 aliphatic rings. The molecule has 2 heteroatoms. The zero-order chi connectivity index (χ0) is 10.6. The maximum absolute atomic E-state index is 8.73. The lowest BCUT2D eigenvalue weighted by atomic mass is 9.78. The van der Waals surface area contributed by atoms with Gasteiger partial charge in [0.1, 0.15) is 0 Å². The Kier molecular flexibility index (Phi) is 3.95. The van der Waals surface area contributed by atoms with Gasteiger partial charge in [-0.1, -0.05) is 20.8 Å². The summed E-state index contributed by atoms with van der Waals surface area (Å²) < 4.78 is 0. The van der Waals surface area contributed by atoms with Crippen LogP contribution >= 0.6 is 0 Å². The number of hydrogen-bond acceptors (Lipinski definition) is 2. The van der Waals surface area contributed by atoms with E-state index in [1.807, 2.05) is 0 Å². The van der Waals surface area contributed by atoms with E-state index < -0.39 is 0 Å². The average molecular weight is 193 g/mol. The standard InChI is InChI=1S/C12H21N2/c1-11(2)10-14-8-5-12(3,4-7-13)6-9-14/h4-6,8-10H2,1-3H3. The van der Waals surface area contributed by atoms with Gasteiger partial charge in [0.2, 0.25) is 0 Å². The Labute approximate surface area is 87.9 Å². The molecule has 1 saturated heterocycles. The molecule has 0 atom stereocenters. The van der Waals surface area contributed by atoms with E-state index in [4.69, 9.17) is 5.26 Å². The molecular weight excluding hydrogens is 172 g/mol. The predicted octanol–water partition coefficient (Wildman–Crippen LogP) is 2.62. The van der Waals surface area contributed by atoms with Gasteiger partial charge >= 0.3 is 0 Å². The van der Waals surface area contributed by atoms with Crippen LogP contribution in [0.25, 0.3) is 0 Å². The van der Waals surface area contributed by atoms with Crippen molar-refractivity contribution in [3.05, 3.63) is 5.92 Å². The molecule has 0 amide bonds. The van der Waals surface area contributed by atoms with Crippen LogP contribution in [0.2, 0.25) is 0 Å². The molecule has 1 fully saturated rings. The van der Waals surface area contributed by atoms with Crippen molar-refractivity contribution in [3.8, 4) is 6.07 Å². The summed E-state index contributed by atoms with van der Waals surface area (Å²) in [6, 6.07) is 2.31.